The minimum atomic E-state index is -0.383. The molecule has 0 atom stereocenters. The van der Waals surface area contributed by atoms with Gasteiger partial charge in [-0.05, 0) is 30.5 Å². The zero-order valence-corrected chi connectivity index (χ0v) is 10.3. The maximum Gasteiger partial charge on any atom is 0.292 e. The Balaban J connectivity index is 2.19. The Kier molecular flexibility index (Phi) is 4.15. The summed E-state index contributed by atoms with van der Waals surface area (Å²) in [6, 6.07) is 5.03. The first-order valence-electron chi connectivity index (χ1n) is 6.35. The van der Waals surface area contributed by atoms with E-state index in [0.717, 1.165) is 12.8 Å². The summed E-state index contributed by atoms with van der Waals surface area (Å²) in [5.41, 5.74) is 1.30. The van der Waals surface area contributed by atoms with Crippen LogP contribution in [0.1, 0.15) is 37.7 Å². The normalized spacial score (nSPS) is 16.5. The van der Waals surface area contributed by atoms with Crippen molar-refractivity contribution >= 4 is 11.4 Å². The van der Waals surface area contributed by atoms with Crippen LogP contribution in [0, 0.1) is 10.1 Å². The lowest BCUT2D eigenvalue weighted by Crippen LogP contribution is -2.22. The minimum Gasteiger partial charge on any atom is -0.392 e. The van der Waals surface area contributed by atoms with Crippen LogP contribution in [0.2, 0.25) is 0 Å². The molecule has 1 aromatic rings. The van der Waals surface area contributed by atoms with Crippen LogP contribution in [0.15, 0.2) is 18.2 Å². The van der Waals surface area contributed by atoms with Crippen molar-refractivity contribution in [2.24, 2.45) is 0 Å². The van der Waals surface area contributed by atoms with Crippen LogP contribution in [-0.4, -0.2) is 16.1 Å². The SMILES string of the molecule is O=[N+]([O-])c1ccc(CO)cc1NC1CCCCC1. The quantitative estimate of drug-likeness (QED) is 0.636. The summed E-state index contributed by atoms with van der Waals surface area (Å²) < 4.78 is 0. The van der Waals surface area contributed by atoms with Gasteiger partial charge in [0.05, 0.1) is 11.5 Å². The lowest BCUT2D eigenvalue weighted by Gasteiger charge is -2.23. The van der Waals surface area contributed by atoms with Crippen LogP contribution in [0.4, 0.5) is 11.4 Å². The van der Waals surface area contributed by atoms with Crippen molar-refractivity contribution in [2.45, 2.75) is 44.8 Å². The summed E-state index contributed by atoms with van der Waals surface area (Å²) >= 11 is 0. The molecule has 1 aromatic carbocycles. The Bertz CT molecular complexity index is 428. The van der Waals surface area contributed by atoms with E-state index < -0.39 is 0 Å². The van der Waals surface area contributed by atoms with Crippen molar-refractivity contribution in [3.05, 3.63) is 33.9 Å². The van der Waals surface area contributed by atoms with Crippen LogP contribution in [-0.2, 0) is 6.61 Å². The highest BCUT2D eigenvalue weighted by atomic mass is 16.6. The first-order chi connectivity index (χ1) is 8.70. The van der Waals surface area contributed by atoms with Crippen LogP contribution < -0.4 is 5.32 Å². The fourth-order valence-electron chi connectivity index (χ4n) is 2.42. The molecule has 0 aliphatic heterocycles. The summed E-state index contributed by atoms with van der Waals surface area (Å²) in [4.78, 5) is 10.6. The van der Waals surface area contributed by atoms with Crippen molar-refractivity contribution < 1.29 is 10.0 Å². The molecule has 1 fully saturated rings. The van der Waals surface area contributed by atoms with Crippen LogP contribution in [0.25, 0.3) is 0 Å². The molecule has 0 saturated heterocycles. The summed E-state index contributed by atoms with van der Waals surface area (Å²) in [5, 5.41) is 23.3. The van der Waals surface area contributed by atoms with E-state index in [4.69, 9.17) is 5.11 Å². The summed E-state index contributed by atoms with van der Waals surface area (Å²) in [7, 11) is 0. The maximum absolute atomic E-state index is 11.0. The molecule has 0 amide bonds. The molecular weight excluding hydrogens is 232 g/mol. The Hall–Kier alpha value is -1.62. The largest absolute Gasteiger partial charge is 0.392 e. The number of nitrogens with zero attached hydrogens (tertiary/aromatic N) is 1. The lowest BCUT2D eigenvalue weighted by molar-refractivity contribution is -0.384. The first kappa shape index (κ1) is 12.8. The lowest BCUT2D eigenvalue weighted by atomic mass is 9.95. The van der Waals surface area contributed by atoms with Gasteiger partial charge in [-0.1, -0.05) is 19.3 Å². The van der Waals surface area contributed by atoms with Crippen LogP contribution in [0.5, 0.6) is 0 Å². The van der Waals surface area contributed by atoms with Gasteiger partial charge in [-0.3, -0.25) is 10.1 Å². The number of hydrogen-bond acceptors (Lipinski definition) is 4. The molecule has 5 heteroatoms. The number of aliphatic hydroxyl groups is 1. The van der Waals surface area contributed by atoms with E-state index in [-0.39, 0.29) is 17.2 Å². The number of aliphatic hydroxyl groups excluding tert-OH is 1. The van der Waals surface area contributed by atoms with E-state index in [1.807, 2.05) is 0 Å². The Labute approximate surface area is 106 Å². The monoisotopic (exact) mass is 250 g/mol. The topological polar surface area (TPSA) is 75.4 Å². The van der Waals surface area contributed by atoms with Crippen LogP contribution in [0.3, 0.4) is 0 Å². The number of nitrogens with one attached hydrogen (secondary N) is 1. The highest BCUT2D eigenvalue weighted by Gasteiger charge is 2.19. The van der Waals surface area contributed by atoms with Gasteiger partial charge in [-0.2, -0.15) is 0 Å². The second-order valence-corrected chi connectivity index (χ2v) is 4.75. The van der Waals surface area contributed by atoms with Crippen molar-refractivity contribution in [1.29, 1.82) is 0 Å². The highest BCUT2D eigenvalue weighted by Crippen LogP contribution is 2.29. The number of anilines is 1. The molecule has 0 spiro atoms. The smallest absolute Gasteiger partial charge is 0.292 e. The van der Waals surface area contributed by atoms with Gasteiger partial charge in [0.25, 0.3) is 5.69 Å². The molecule has 1 aliphatic rings. The van der Waals surface area contributed by atoms with Gasteiger partial charge < -0.3 is 10.4 Å². The second kappa shape index (κ2) is 5.82. The third-order valence-electron chi connectivity index (χ3n) is 3.41. The zero-order chi connectivity index (χ0) is 13.0. The molecule has 1 saturated carbocycles. The third kappa shape index (κ3) is 2.98. The summed E-state index contributed by atoms with van der Waals surface area (Å²) in [5.74, 6) is 0. The van der Waals surface area contributed by atoms with Crippen molar-refractivity contribution in [1.82, 2.24) is 0 Å². The minimum absolute atomic E-state index is 0.0813. The zero-order valence-electron chi connectivity index (χ0n) is 10.3. The van der Waals surface area contributed by atoms with E-state index in [2.05, 4.69) is 5.32 Å². The van der Waals surface area contributed by atoms with Crippen molar-refractivity contribution in [3.63, 3.8) is 0 Å². The van der Waals surface area contributed by atoms with Gasteiger partial charge in [-0.15, -0.1) is 0 Å². The molecule has 0 aromatic heterocycles. The number of benzene rings is 1. The average Bonchev–Trinajstić information content (AvgIpc) is 2.39. The molecule has 98 valence electrons. The average molecular weight is 250 g/mol. The number of nitro groups is 1. The molecule has 1 aliphatic carbocycles. The second-order valence-electron chi connectivity index (χ2n) is 4.75. The van der Waals surface area contributed by atoms with Crippen molar-refractivity contribution in [2.75, 3.05) is 5.32 Å². The van der Waals surface area contributed by atoms with Crippen LogP contribution >= 0.6 is 0 Å². The number of nitro benzene ring substituents is 1. The van der Waals surface area contributed by atoms with Gasteiger partial charge in [-0.25, -0.2) is 0 Å². The summed E-state index contributed by atoms with van der Waals surface area (Å²) in [6.07, 6.45) is 5.70. The van der Waals surface area contributed by atoms with E-state index >= 15 is 0 Å². The predicted octanol–water partition coefficient (Wildman–Crippen LogP) is 2.83. The number of hydrogen-bond donors (Lipinski definition) is 2. The van der Waals surface area contributed by atoms with E-state index in [9.17, 15) is 10.1 Å². The maximum atomic E-state index is 11.0. The van der Waals surface area contributed by atoms with Crippen molar-refractivity contribution in [3.8, 4) is 0 Å². The standard InChI is InChI=1S/C13H18N2O3/c16-9-10-6-7-13(15(17)18)12(8-10)14-11-4-2-1-3-5-11/h6-8,11,14,16H,1-5,9H2. The first-order valence-corrected chi connectivity index (χ1v) is 6.35. The third-order valence-corrected chi connectivity index (χ3v) is 3.41. The molecule has 0 unspecified atom stereocenters. The molecule has 5 nitrogen and oxygen atoms in total. The summed E-state index contributed by atoms with van der Waals surface area (Å²) in [6.45, 7) is -0.0999. The molecule has 18 heavy (non-hydrogen) atoms. The molecule has 0 bridgehead atoms. The predicted molar refractivity (Wildman–Crippen MR) is 69.5 cm³/mol. The highest BCUT2D eigenvalue weighted by molar-refractivity contribution is 5.63. The molecule has 2 rings (SSSR count). The van der Waals surface area contributed by atoms with E-state index in [1.165, 1.54) is 25.3 Å². The molecule has 0 radical (unpaired) electrons. The Morgan fingerprint density at radius 2 is 2.06 bits per heavy atom. The van der Waals surface area contributed by atoms with Gasteiger partial charge in [0, 0.05) is 12.1 Å². The van der Waals surface area contributed by atoms with Gasteiger partial charge in [0.1, 0.15) is 5.69 Å². The van der Waals surface area contributed by atoms with Gasteiger partial charge in [0.15, 0.2) is 0 Å². The molecular formula is C13H18N2O3. The number of rotatable bonds is 4. The molecule has 2 N–H and O–H groups in total. The Morgan fingerprint density at radius 3 is 2.67 bits per heavy atom. The van der Waals surface area contributed by atoms with Gasteiger partial charge >= 0.3 is 0 Å². The van der Waals surface area contributed by atoms with Gasteiger partial charge in [0.2, 0.25) is 0 Å². The van der Waals surface area contributed by atoms with E-state index in [0.29, 0.717) is 17.3 Å². The fourth-order valence-corrected chi connectivity index (χ4v) is 2.42. The Morgan fingerprint density at radius 1 is 1.33 bits per heavy atom. The fraction of sp³-hybridized carbons (Fsp3) is 0.538. The van der Waals surface area contributed by atoms with E-state index in [1.54, 1.807) is 12.1 Å². The molecule has 0 heterocycles.